The molecule has 0 aliphatic heterocycles. The number of Topliss-reactive ketones (excluding diaryl/α,β-unsaturated/α-hetero) is 1. The van der Waals surface area contributed by atoms with Crippen molar-refractivity contribution in [2.45, 2.75) is 26.4 Å². The second-order valence-corrected chi connectivity index (χ2v) is 6.27. The number of nitrogens with one attached hydrogen (secondary N) is 2. The minimum absolute atomic E-state index is 0.0897. The van der Waals surface area contributed by atoms with Crippen LogP contribution in [0, 0.1) is 6.92 Å². The maximum atomic E-state index is 13.0. The Morgan fingerprint density at radius 1 is 1.09 bits per heavy atom. The van der Waals surface area contributed by atoms with Crippen LogP contribution in [0.15, 0.2) is 54.6 Å². The number of benzene rings is 2. The highest BCUT2D eigenvalue weighted by molar-refractivity contribution is 6.10. The van der Waals surface area contributed by atoms with Crippen molar-refractivity contribution in [3.05, 3.63) is 71.4 Å². The van der Waals surface area contributed by atoms with E-state index in [0.717, 1.165) is 28.7 Å². The van der Waals surface area contributed by atoms with Gasteiger partial charge in [-0.25, -0.2) is 0 Å². The van der Waals surface area contributed by atoms with Crippen molar-refractivity contribution in [2.75, 3.05) is 7.05 Å². The summed E-state index contributed by atoms with van der Waals surface area (Å²) in [6.45, 7) is 4.84. The van der Waals surface area contributed by atoms with Crippen LogP contribution in [0.2, 0.25) is 0 Å². The number of aromatic amines is 1. The van der Waals surface area contributed by atoms with Crippen molar-refractivity contribution in [1.29, 1.82) is 0 Å². The zero-order valence-corrected chi connectivity index (χ0v) is 13.9. The molecule has 0 radical (unpaired) electrons. The monoisotopic (exact) mass is 307 g/mol. The number of para-hydroxylation sites is 1. The summed E-state index contributed by atoms with van der Waals surface area (Å²) in [5.74, 6) is 0.202. The average Bonchev–Trinajstić information content (AvgIpc) is 2.90. The highest BCUT2D eigenvalue weighted by Crippen LogP contribution is 2.22. The first-order valence-corrected chi connectivity index (χ1v) is 8.05. The summed E-state index contributed by atoms with van der Waals surface area (Å²) in [5.41, 5.74) is 4.07. The predicted octanol–water partition coefficient (Wildman–Crippen LogP) is 2.76. The number of carbonyl (C=O) groups is 1. The Labute approximate surface area is 136 Å². The summed E-state index contributed by atoms with van der Waals surface area (Å²) >= 11 is 0. The van der Waals surface area contributed by atoms with E-state index in [4.69, 9.17) is 0 Å². The Morgan fingerprint density at radius 3 is 2.48 bits per heavy atom. The molecule has 2 aromatic carbocycles. The van der Waals surface area contributed by atoms with Gasteiger partial charge in [-0.15, -0.1) is 0 Å². The topological polar surface area (TPSA) is 37.3 Å². The van der Waals surface area contributed by atoms with E-state index in [2.05, 4.69) is 24.2 Å². The number of fused-ring (bicyclic) bond motifs is 1. The van der Waals surface area contributed by atoms with Gasteiger partial charge in [-0.3, -0.25) is 4.79 Å². The van der Waals surface area contributed by atoms with E-state index in [1.165, 1.54) is 10.5 Å². The van der Waals surface area contributed by atoms with Crippen molar-refractivity contribution >= 4 is 16.7 Å². The zero-order valence-electron chi connectivity index (χ0n) is 13.9. The van der Waals surface area contributed by atoms with Crippen LogP contribution in [0.1, 0.15) is 28.5 Å². The molecule has 1 unspecified atom stereocenters. The molecule has 0 spiro atoms. The third-order valence-corrected chi connectivity index (χ3v) is 4.60. The molecule has 1 aromatic heterocycles. The molecule has 2 atom stereocenters. The fraction of sp³-hybridized carbons (Fsp3) is 0.250. The summed E-state index contributed by atoms with van der Waals surface area (Å²) in [7, 11) is 2.08. The van der Waals surface area contributed by atoms with Gasteiger partial charge in [-0.2, -0.15) is 0 Å². The van der Waals surface area contributed by atoms with Gasteiger partial charge in [-0.05, 0) is 19.9 Å². The van der Waals surface area contributed by atoms with E-state index >= 15 is 0 Å². The first kappa shape index (κ1) is 15.5. The summed E-state index contributed by atoms with van der Waals surface area (Å²) in [4.78, 5) is 17.6. The lowest BCUT2D eigenvalue weighted by molar-refractivity contribution is -0.907. The summed E-state index contributed by atoms with van der Waals surface area (Å²) in [6.07, 6.45) is 0. The lowest BCUT2D eigenvalue weighted by Crippen LogP contribution is -3.12. The van der Waals surface area contributed by atoms with Crippen LogP contribution < -0.4 is 4.90 Å². The summed E-state index contributed by atoms with van der Waals surface area (Å²) in [5, 5.41) is 1.02. The molecular weight excluding hydrogens is 284 g/mol. The Balaban J connectivity index is 1.85. The van der Waals surface area contributed by atoms with Gasteiger partial charge in [0.25, 0.3) is 0 Å². The first-order chi connectivity index (χ1) is 11.1. The van der Waals surface area contributed by atoms with Gasteiger partial charge in [0.15, 0.2) is 0 Å². The molecule has 0 saturated carbocycles. The number of carbonyl (C=O) groups excluding carboxylic acids is 1. The molecule has 0 saturated heterocycles. The van der Waals surface area contributed by atoms with Crippen molar-refractivity contribution < 1.29 is 9.69 Å². The predicted molar refractivity (Wildman–Crippen MR) is 93.9 cm³/mol. The van der Waals surface area contributed by atoms with E-state index in [9.17, 15) is 4.79 Å². The lowest BCUT2D eigenvalue weighted by atomic mass is 10.0. The lowest BCUT2D eigenvalue weighted by Gasteiger charge is -2.21. The highest BCUT2D eigenvalue weighted by Gasteiger charge is 2.27. The van der Waals surface area contributed by atoms with E-state index in [1.807, 2.05) is 56.3 Å². The molecule has 3 heteroatoms. The number of likely N-dealkylation sites (N-methyl/N-ethyl adjacent to an activating group) is 1. The SMILES string of the molecule is Cc1[nH]c2ccccc2c1C(=O)[C@H](C)[NH+](C)Cc1ccccc1. The molecular formula is C20H23N2O+. The van der Waals surface area contributed by atoms with Gasteiger partial charge in [0.2, 0.25) is 5.78 Å². The molecule has 0 amide bonds. The molecule has 23 heavy (non-hydrogen) atoms. The Hall–Kier alpha value is -2.39. The smallest absolute Gasteiger partial charge is 0.222 e. The molecule has 0 fully saturated rings. The normalized spacial score (nSPS) is 13.9. The van der Waals surface area contributed by atoms with Gasteiger partial charge in [0, 0.05) is 22.2 Å². The molecule has 0 aliphatic carbocycles. The molecule has 3 aromatic rings. The largest absolute Gasteiger partial charge is 0.358 e. The van der Waals surface area contributed by atoms with Crippen LogP contribution >= 0.6 is 0 Å². The number of hydrogen-bond acceptors (Lipinski definition) is 1. The van der Waals surface area contributed by atoms with E-state index in [-0.39, 0.29) is 11.8 Å². The highest BCUT2D eigenvalue weighted by atomic mass is 16.1. The van der Waals surface area contributed by atoms with E-state index in [1.54, 1.807) is 0 Å². The van der Waals surface area contributed by atoms with Crippen LogP contribution in [0.5, 0.6) is 0 Å². The van der Waals surface area contributed by atoms with Crippen LogP contribution in [0.3, 0.4) is 0 Å². The second kappa shape index (κ2) is 6.39. The molecule has 1 heterocycles. The van der Waals surface area contributed by atoms with Crippen LogP contribution in [-0.2, 0) is 6.54 Å². The number of ketones is 1. The maximum Gasteiger partial charge on any atom is 0.222 e. The number of rotatable bonds is 5. The van der Waals surface area contributed by atoms with Gasteiger partial charge < -0.3 is 9.88 Å². The molecule has 2 N–H and O–H groups in total. The number of quaternary nitrogens is 1. The molecule has 0 aliphatic rings. The average molecular weight is 307 g/mol. The van der Waals surface area contributed by atoms with Gasteiger partial charge in [0.1, 0.15) is 12.6 Å². The number of aryl methyl sites for hydroxylation is 1. The van der Waals surface area contributed by atoms with Crippen molar-refractivity contribution in [3.63, 3.8) is 0 Å². The number of aromatic nitrogens is 1. The van der Waals surface area contributed by atoms with Crippen LogP contribution in [-0.4, -0.2) is 23.9 Å². The summed E-state index contributed by atoms with van der Waals surface area (Å²) in [6, 6.07) is 18.2. The standard InChI is InChI=1S/C20H22N2O/c1-14-19(17-11-7-8-12-18(17)21-14)20(23)15(2)22(3)13-16-9-5-4-6-10-16/h4-12,15,21H,13H2,1-3H3/p+1/t15-/m0/s1. The first-order valence-electron chi connectivity index (χ1n) is 8.05. The van der Waals surface area contributed by atoms with E-state index in [0.29, 0.717) is 0 Å². The molecule has 0 bridgehead atoms. The Morgan fingerprint density at radius 2 is 1.74 bits per heavy atom. The van der Waals surface area contributed by atoms with Crippen LogP contribution in [0.25, 0.3) is 10.9 Å². The number of hydrogen-bond donors (Lipinski definition) is 2. The Bertz CT molecular complexity index is 820. The van der Waals surface area contributed by atoms with Crippen molar-refractivity contribution in [1.82, 2.24) is 4.98 Å². The van der Waals surface area contributed by atoms with Gasteiger partial charge >= 0.3 is 0 Å². The minimum atomic E-state index is -0.0897. The third-order valence-electron chi connectivity index (χ3n) is 4.60. The van der Waals surface area contributed by atoms with Crippen molar-refractivity contribution in [3.8, 4) is 0 Å². The number of H-pyrrole nitrogens is 1. The fourth-order valence-corrected chi connectivity index (χ4v) is 3.11. The molecule has 118 valence electrons. The van der Waals surface area contributed by atoms with Crippen molar-refractivity contribution in [2.24, 2.45) is 0 Å². The summed E-state index contributed by atoms with van der Waals surface area (Å²) < 4.78 is 0. The minimum Gasteiger partial charge on any atom is -0.358 e. The van der Waals surface area contributed by atoms with E-state index < -0.39 is 0 Å². The zero-order chi connectivity index (χ0) is 16.4. The fourth-order valence-electron chi connectivity index (χ4n) is 3.11. The Kier molecular flexibility index (Phi) is 4.30. The van der Waals surface area contributed by atoms with Gasteiger partial charge in [0.05, 0.1) is 12.6 Å². The second-order valence-electron chi connectivity index (χ2n) is 6.27. The molecule has 3 rings (SSSR count). The quantitative estimate of drug-likeness (QED) is 0.699. The van der Waals surface area contributed by atoms with Gasteiger partial charge in [-0.1, -0.05) is 48.5 Å². The van der Waals surface area contributed by atoms with Crippen LogP contribution in [0.4, 0.5) is 0 Å². The maximum absolute atomic E-state index is 13.0. The molecule has 3 nitrogen and oxygen atoms in total. The third kappa shape index (κ3) is 3.06.